The second kappa shape index (κ2) is 6.72. The third-order valence-electron chi connectivity index (χ3n) is 4.05. The molecular weight excluding hydrogens is 392 g/mol. The number of anilines is 1. The van der Waals surface area contributed by atoms with E-state index in [2.05, 4.69) is 31.3 Å². The molecule has 0 radical (unpaired) electrons. The number of carbonyl (C=O) groups is 1. The summed E-state index contributed by atoms with van der Waals surface area (Å²) in [5, 5.41) is 8.38. The van der Waals surface area contributed by atoms with Crippen molar-refractivity contribution in [2.75, 3.05) is 5.32 Å². The number of fused-ring (bicyclic) bond motifs is 1. The first-order valence-electron chi connectivity index (χ1n) is 8.09. The number of halogens is 1. The van der Waals surface area contributed by atoms with Crippen LogP contribution in [0.3, 0.4) is 0 Å². The number of hydrogen-bond acceptors (Lipinski definition) is 3. The van der Waals surface area contributed by atoms with Gasteiger partial charge >= 0.3 is 0 Å². The van der Waals surface area contributed by atoms with Crippen molar-refractivity contribution in [2.45, 2.75) is 6.92 Å². The summed E-state index contributed by atoms with van der Waals surface area (Å²) in [6, 6.07) is 19.0. The number of pyridine rings is 1. The molecule has 5 nitrogen and oxygen atoms in total. The second-order valence-corrected chi connectivity index (χ2v) is 6.81. The number of rotatable bonds is 3. The van der Waals surface area contributed by atoms with Crippen LogP contribution in [-0.4, -0.2) is 20.7 Å². The molecule has 0 saturated heterocycles. The monoisotopic (exact) mass is 406 g/mol. The molecule has 0 saturated carbocycles. The Morgan fingerprint density at radius 3 is 2.65 bits per heavy atom. The van der Waals surface area contributed by atoms with Crippen molar-refractivity contribution >= 4 is 38.6 Å². The number of hydrogen-bond donors (Lipinski definition) is 1. The van der Waals surface area contributed by atoms with Crippen LogP contribution >= 0.6 is 15.9 Å². The van der Waals surface area contributed by atoms with E-state index >= 15 is 0 Å². The first-order valence-corrected chi connectivity index (χ1v) is 8.89. The van der Waals surface area contributed by atoms with Gasteiger partial charge < -0.3 is 5.32 Å². The first kappa shape index (κ1) is 16.5. The van der Waals surface area contributed by atoms with Gasteiger partial charge in [-0.05, 0) is 43.3 Å². The van der Waals surface area contributed by atoms with Gasteiger partial charge in [0.05, 0.1) is 23.3 Å². The van der Waals surface area contributed by atoms with Crippen LogP contribution < -0.4 is 5.32 Å². The van der Waals surface area contributed by atoms with Crippen LogP contribution in [0.1, 0.15) is 16.1 Å². The van der Waals surface area contributed by atoms with Gasteiger partial charge in [-0.25, -0.2) is 9.67 Å². The summed E-state index contributed by atoms with van der Waals surface area (Å²) in [6.45, 7) is 1.93. The summed E-state index contributed by atoms with van der Waals surface area (Å²) in [4.78, 5) is 17.0. The largest absolute Gasteiger partial charge is 0.321 e. The van der Waals surface area contributed by atoms with Crippen molar-refractivity contribution in [1.82, 2.24) is 14.8 Å². The Morgan fingerprint density at radius 1 is 1.08 bits per heavy atom. The van der Waals surface area contributed by atoms with Crippen LogP contribution in [0.5, 0.6) is 0 Å². The van der Waals surface area contributed by atoms with E-state index in [1.165, 1.54) is 0 Å². The SMILES string of the molecule is Cc1nn(-c2ccccc2)c2ncc(NC(=O)c3cccc(Br)c3)cc12. The molecule has 1 amide bonds. The maximum absolute atomic E-state index is 12.4. The molecule has 0 spiro atoms. The van der Waals surface area contributed by atoms with Crippen LogP contribution in [0.2, 0.25) is 0 Å². The van der Waals surface area contributed by atoms with E-state index in [9.17, 15) is 4.79 Å². The van der Waals surface area contributed by atoms with Gasteiger partial charge in [0.2, 0.25) is 0 Å². The lowest BCUT2D eigenvalue weighted by Crippen LogP contribution is -2.12. The highest BCUT2D eigenvalue weighted by molar-refractivity contribution is 9.10. The summed E-state index contributed by atoms with van der Waals surface area (Å²) in [5.41, 5.74) is 3.78. The van der Waals surface area contributed by atoms with Gasteiger partial charge in [-0.3, -0.25) is 4.79 Å². The zero-order valence-corrected chi connectivity index (χ0v) is 15.6. The number of aromatic nitrogens is 3. The quantitative estimate of drug-likeness (QED) is 0.534. The van der Waals surface area contributed by atoms with Gasteiger partial charge in [-0.2, -0.15) is 5.10 Å². The van der Waals surface area contributed by atoms with Crippen molar-refractivity contribution in [3.63, 3.8) is 0 Å². The topological polar surface area (TPSA) is 59.8 Å². The van der Waals surface area contributed by atoms with Crippen molar-refractivity contribution in [3.05, 3.63) is 82.6 Å². The minimum absolute atomic E-state index is 0.180. The Labute approximate surface area is 158 Å². The highest BCUT2D eigenvalue weighted by atomic mass is 79.9. The molecule has 128 valence electrons. The van der Waals surface area contributed by atoms with Crippen LogP contribution in [0.25, 0.3) is 16.7 Å². The standard InChI is InChI=1S/C20H15BrN4O/c1-13-18-11-16(23-20(26)14-6-5-7-15(21)10-14)12-22-19(18)25(24-13)17-8-3-2-4-9-17/h2-12H,1H3,(H,23,26). The molecule has 2 heterocycles. The molecule has 0 aliphatic carbocycles. The highest BCUT2D eigenvalue weighted by Crippen LogP contribution is 2.23. The number of benzene rings is 2. The second-order valence-electron chi connectivity index (χ2n) is 5.89. The number of aryl methyl sites for hydroxylation is 1. The van der Waals surface area contributed by atoms with E-state index in [1.807, 2.05) is 60.1 Å². The lowest BCUT2D eigenvalue weighted by Gasteiger charge is -2.06. The van der Waals surface area contributed by atoms with Gasteiger partial charge in [-0.1, -0.05) is 40.2 Å². The highest BCUT2D eigenvalue weighted by Gasteiger charge is 2.13. The van der Waals surface area contributed by atoms with Gasteiger partial charge in [0, 0.05) is 15.4 Å². The zero-order chi connectivity index (χ0) is 18.1. The van der Waals surface area contributed by atoms with E-state index < -0.39 is 0 Å². The van der Waals surface area contributed by atoms with E-state index in [0.29, 0.717) is 11.3 Å². The first-order chi connectivity index (χ1) is 12.6. The molecular formula is C20H15BrN4O. The van der Waals surface area contributed by atoms with E-state index in [-0.39, 0.29) is 5.91 Å². The summed E-state index contributed by atoms with van der Waals surface area (Å²) >= 11 is 3.38. The van der Waals surface area contributed by atoms with E-state index in [1.54, 1.807) is 18.3 Å². The lowest BCUT2D eigenvalue weighted by atomic mass is 10.2. The smallest absolute Gasteiger partial charge is 0.255 e. The van der Waals surface area contributed by atoms with E-state index in [0.717, 1.165) is 26.9 Å². The predicted molar refractivity (Wildman–Crippen MR) is 106 cm³/mol. The summed E-state index contributed by atoms with van der Waals surface area (Å²) in [7, 11) is 0. The predicted octanol–water partition coefficient (Wildman–Crippen LogP) is 4.74. The fraction of sp³-hybridized carbons (Fsp3) is 0.0500. The Morgan fingerprint density at radius 2 is 1.88 bits per heavy atom. The molecule has 0 bridgehead atoms. The fourth-order valence-corrected chi connectivity index (χ4v) is 3.19. The van der Waals surface area contributed by atoms with Crippen LogP contribution in [-0.2, 0) is 0 Å². The van der Waals surface area contributed by atoms with Crippen LogP contribution in [0.15, 0.2) is 71.3 Å². The van der Waals surface area contributed by atoms with Crippen molar-refractivity contribution in [1.29, 1.82) is 0 Å². The molecule has 0 aliphatic heterocycles. The van der Waals surface area contributed by atoms with E-state index in [4.69, 9.17) is 0 Å². The van der Waals surface area contributed by atoms with Crippen LogP contribution in [0, 0.1) is 6.92 Å². The maximum atomic E-state index is 12.4. The Hall–Kier alpha value is -2.99. The molecule has 4 rings (SSSR count). The lowest BCUT2D eigenvalue weighted by molar-refractivity contribution is 0.102. The fourth-order valence-electron chi connectivity index (χ4n) is 2.79. The molecule has 26 heavy (non-hydrogen) atoms. The minimum atomic E-state index is -0.180. The van der Waals surface area contributed by atoms with Crippen molar-refractivity contribution < 1.29 is 4.79 Å². The molecule has 0 fully saturated rings. The molecule has 6 heteroatoms. The molecule has 1 N–H and O–H groups in total. The van der Waals surface area contributed by atoms with Crippen molar-refractivity contribution in [3.8, 4) is 5.69 Å². The van der Waals surface area contributed by atoms with Crippen molar-refractivity contribution in [2.24, 2.45) is 0 Å². The molecule has 2 aromatic carbocycles. The Balaban J connectivity index is 1.68. The number of nitrogens with zero attached hydrogens (tertiary/aromatic N) is 3. The minimum Gasteiger partial charge on any atom is -0.321 e. The number of para-hydroxylation sites is 1. The van der Waals surface area contributed by atoms with Crippen LogP contribution in [0.4, 0.5) is 5.69 Å². The number of nitrogens with one attached hydrogen (secondary N) is 1. The van der Waals surface area contributed by atoms with Gasteiger partial charge in [0.15, 0.2) is 5.65 Å². The normalized spacial score (nSPS) is 10.8. The molecule has 0 aliphatic rings. The molecule has 2 aromatic heterocycles. The van der Waals surface area contributed by atoms with Gasteiger partial charge in [0.25, 0.3) is 5.91 Å². The average molecular weight is 407 g/mol. The molecule has 4 aromatic rings. The van der Waals surface area contributed by atoms with Gasteiger partial charge in [0.1, 0.15) is 0 Å². The number of amides is 1. The van der Waals surface area contributed by atoms with Gasteiger partial charge in [-0.15, -0.1) is 0 Å². The summed E-state index contributed by atoms with van der Waals surface area (Å²) in [5.74, 6) is -0.180. The Kier molecular flexibility index (Phi) is 4.26. The third-order valence-corrected chi connectivity index (χ3v) is 4.55. The summed E-state index contributed by atoms with van der Waals surface area (Å²) < 4.78 is 2.67. The number of carbonyl (C=O) groups excluding carboxylic acids is 1. The Bertz CT molecular complexity index is 1110. The third kappa shape index (κ3) is 3.11. The average Bonchev–Trinajstić information content (AvgIpc) is 2.99. The maximum Gasteiger partial charge on any atom is 0.255 e. The molecule has 0 atom stereocenters. The molecule has 0 unspecified atom stereocenters. The zero-order valence-electron chi connectivity index (χ0n) is 14.0. The summed E-state index contributed by atoms with van der Waals surface area (Å²) in [6.07, 6.45) is 1.65.